The van der Waals surface area contributed by atoms with Crippen molar-refractivity contribution in [1.82, 2.24) is 4.98 Å². The Hall–Kier alpha value is -1.74. The molecule has 1 heterocycles. The Labute approximate surface area is 120 Å². The first kappa shape index (κ1) is 12.3. The van der Waals surface area contributed by atoms with Gasteiger partial charge in [0, 0.05) is 15.6 Å². The summed E-state index contributed by atoms with van der Waals surface area (Å²) >= 11 is 3.61. The maximum atomic E-state index is 5.18. The van der Waals surface area contributed by atoms with E-state index in [0.29, 0.717) is 0 Å². The second kappa shape index (κ2) is 4.74. The maximum absolute atomic E-state index is 5.18. The van der Waals surface area contributed by atoms with Gasteiger partial charge in [-0.3, -0.25) is 0 Å². The van der Waals surface area contributed by atoms with Crippen molar-refractivity contribution in [1.29, 1.82) is 0 Å². The smallest absolute Gasteiger partial charge is 0.118 e. The van der Waals surface area contributed by atoms with Crippen LogP contribution in [0.2, 0.25) is 0 Å². The van der Waals surface area contributed by atoms with Crippen molar-refractivity contribution in [3.63, 3.8) is 0 Å². The summed E-state index contributed by atoms with van der Waals surface area (Å²) in [4.78, 5) is 3.46. The van der Waals surface area contributed by atoms with Crippen LogP contribution in [0.25, 0.3) is 22.2 Å². The fourth-order valence-electron chi connectivity index (χ4n) is 2.27. The lowest BCUT2D eigenvalue weighted by Crippen LogP contribution is -1.82. The zero-order chi connectivity index (χ0) is 13.4. The molecule has 3 heteroatoms. The van der Waals surface area contributed by atoms with Crippen LogP contribution >= 0.6 is 15.9 Å². The lowest BCUT2D eigenvalue weighted by Gasteiger charge is -2.01. The highest BCUT2D eigenvalue weighted by atomic mass is 79.9. The molecule has 0 amide bonds. The molecule has 3 aromatic rings. The van der Waals surface area contributed by atoms with Crippen LogP contribution in [0.3, 0.4) is 0 Å². The van der Waals surface area contributed by atoms with Crippen LogP contribution in [-0.4, -0.2) is 12.1 Å². The number of aryl methyl sites for hydroxylation is 1. The first-order valence-electron chi connectivity index (χ1n) is 6.10. The SMILES string of the molecule is COc1ccc(-c2cc3cc(C)cc(Br)c3[nH]2)cc1. The van der Waals surface area contributed by atoms with Crippen molar-refractivity contribution >= 4 is 26.8 Å². The van der Waals surface area contributed by atoms with Gasteiger partial charge in [-0.1, -0.05) is 0 Å². The summed E-state index contributed by atoms with van der Waals surface area (Å²) in [7, 11) is 1.68. The molecule has 3 rings (SSSR count). The van der Waals surface area contributed by atoms with Crippen molar-refractivity contribution in [3.05, 3.63) is 52.5 Å². The van der Waals surface area contributed by atoms with Gasteiger partial charge in [-0.25, -0.2) is 0 Å². The third-order valence-corrected chi connectivity index (χ3v) is 3.85. The number of aromatic nitrogens is 1. The molecule has 19 heavy (non-hydrogen) atoms. The molecular weight excluding hydrogens is 302 g/mol. The normalized spacial score (nSPS) is 10.9. The van der Waals surface area contributed by atoms with Crippen molar-refractivity contribution in [2.24, 2.45) is 0 Å². The number of fused-ring (bicyclic) bond motifs is 1. The lowest BCUT2D eigenvalue weighted by molar-refractivity contribution is 0.415. The van der Waals surface area contributed by atoms with E-state index in [2.05, 4.69) is 58.2 Å². The second-order valence-electron chi connectivity index (χ2n) is 4.62. The van der Waals surface area contributed by atoms with Crippen LogP contribution in [0.1, 0.15) is 5.56 Å². The molecule has 0 atom stereocenters. The van der Waals surface area contributed by atoms with Gasteiger partial charge in [0.05, 0.1) is 12.6 Å². The quantitative estimate of drug-likeness (QED) is 0.713. The van der Waals surface area contributed by atoms with Gasteiger partial charge in [-0.2, -0.15) is 0 Å². The van der Waals surface area contributed by atoms with Gasteiger partial charge in [0.2, 0.25) is 0 Å². The summed E-state index contributed by atoms with van der Waals surface area (Å²) in [6.07, 6.45) is 0. The first-order chi connectivity index (χ1) is 9.17. The minimum atomic E-state index is 0.872. The van der Waals surface area contributed by atoms with Crippen LogP contribution < -0.4 is 4.74 Å². The minimum absolute atomic E-state index is 0.872. The predicted octanol–water partition coefficient (Wildman–Crippen LogP) is 4.91. The Balaban J connectivity index is 2.12. The molecule has 0 radical (unpaired) electrons. The molecule has 2 nitrogen and oxygen atoms in total. The molecular formula is C16H14BrNO. The molecule has 0 saturated heterocycles. The number of aromatic amines is 1. The van der Waals surface area contributed by atoms with Crippen molar-refractivity contribution in [2.45, 2.75) is 6.92 Å². The Morgan fingerprint density at radius 3 is 2.47 bits per heavy atom. The van der Waals surface area contributed by atoms with Gasteiger partial charge in [-0.05, 0) is 76.4 Å². The summed E-state index contributed by atoms with van der Waals surface area (Å²) in [6, 6.07) is 14.5. The molecule has 1 aromatic heterocycles. The molecule has 1 N–H and O–H groups in total. The summed E-state index contributed by atoms with van der Waals surface area (Å²) in [6.45, 7) is 2.10. The lowest BCUT2D eigenvalue weighted by atomic mass is 10.1. The van der Waals surface area contributed by atoms with Crippen LogP contribution in [0.5, 0.6) is 5.75 Å². The van der Waals surface area contributed by atoms with E-state index in [-0.39, 0.29) is 0 Å². The fraction of sp³-hybridized carbons (Fsp3) is 0.125. The Kier molecular flexibility index (Phi) is 3.07. The molecule has 0 aliphatic rings. The molecule has 0 saturated carbocycles. The van der Waals surface area contributed by atoms with Gasteiger partial charge in [0.25, 0.3) is 0 Å². The molecule has 0 bridgehead atoms. The fourth-order valence-corrected chi connectivity index (χ4v) is 2.96. The van der Waals surface area contributed by atoms with E-state index >= 15 is 0 Å². The van der Waals surface area contributed by atoms with Gasteiger partial charge in [0.1, 0.15) is 5.75 Å². The number of hydrogen-bond donors (Lipinski definition) is 1. The van der Waals surface area contributed by atoms with E-state index in [9.17, 15) is 0 Å². The first-order valence-corrected chi connectivity index (χ1v) is 6.90. The average Bonchev–Trinajstić information content (AvgIpc) is 2.83. The molecule has 0 aliphatic carbocycles. The highest BCUT2D eigenvalue weighted by molar-refractivity contribution is 9.10. The monoisotopic (exact) mass is 315 g/mol. The van der Waals surface area contributed by atoms with E-state index in [1.807, 2.05) is 12.1 Å². The largest absolute Gasteiger partial charge is 0.497 e. The van der Waals surface area contributed by atoms with Gasteiger partial charge < -0.3 is 9.72 Å². The van der Waals surface area contributed by atoms with Crippen molar-refractivity contribution in [2.75, 3.05) is 7.11 Å². The summed E-state index contributed by atoms with van der Waals surface area (Å²) in [5.41, 5.74) is 4.65. The number of ether oxygens (including phenoxy) is 1. The minimum Gasteiger partial charge on any atom is -0.497 e. The Morgan fingerprint density at radius 1 is 1.05 bits per heavy atom. The van der Waals surface area contributed by atoms with Crippen LogP contribution in [0.4, 0.5) is 0 Å². The number of methoxy groups -OCH3 is 1. The van der Waals surface area contributed by atoms with E-state index in [1.54, 1.807) is 7.11 Å². The zero-order valence-corrected chi connectivity index (χ0v) is 12.4. The number of H-pyrrole nitrogens is 1. The highest BCUT2D eigenvalue weighted by Gasteiger charge is 2.07. The number of nitrogens with one attached hydrogen (secondary N) is 1. The number of hydrogen-bond acceptors (Lipinski definition) is 1. The molecule has 0 unspecified atom stereocenters. The van der Waals surface area contributed by atoms with Crippen molar-refractivity contribution in [3.8, 4) is 17.0 Å². The molecule has 96 valence electrons. The third-order valence-electron chi connectivity index (χ3n) is 3.23. The predicted molar refractivity (Wildman–Crippen MR) is 82.7 cm³/mol. The summed E-state index contributed by atoms with van der Waals surface area (Å²) in [5.74, 6) is 0.872. The Morgan fingerprint density at radius 2 is 1.79 bits per heavy atom. The van der Waals surface area contributed by atoms with Crippen LogP contribution in [-0.2, 0) is 0 Å². The van der Waals surface area contributed by atoms with Gasteiger partial charge in [0.15, 0.2) is 0 Å². The van der Waals surface area contributed by atoms with E-state index < -0.39 is 0 Å². The van der Waals surface area contributed by atoms with Crippen LogP contribution in [0.15, 0.2) is 46.9 Å². The zero-order valence-electron chi connectivity index (χ0n) is 10.8. The molecule has 0 aliphatic heterocycles. The highest BCUT2D eigenvalue weighted by Crippen LogP contribution is 2.30. The summed E-state index contributed by atoms with van der Waals surface area (Å²) < 4.78 is 6.28. The van der Waals surface area contributed by atoms with E-state index in [1.165, 1.54) is 10.9 Å². The number of halogens is 1. The molecule has 2 aromatic carbocycles. The molecule has 0 spiro atoms. The topological polar surface area (TPSA) is 25.0 Å². The van der Waals surface area contributed by atoms with Gasteiger partial charge >= 0.3 is 0 Å². The second-order valence-corrected chi connectivity index (χ2v) is 5.48. The third kappa shape index (κ3) is 2.26. The van der Waals surface area contributed by atoms with Crippen LogP contribution in [0, 0.1) is 6.92 Å². The molecule has 0 fully saturated rings. The Bertz CT molecular complexity index is 728. The number of rotatable bonds is 2. The average molecular weight is 316 g/mol. The van der Waals surface area contributed by atoms with Crippen molar-refractivity contribution < 1.29 is 4.74 Å². The summed E-state index contributed by atoms with van der Waals surface area (Å²) in [5, 5.41) is 1.22. The standard InChI is InChI=1S/C16H14BrNO/c1-10-7-12-9-15(18-16(12)14(17)8-10)11-3-5-13(19-2)6-4-11/h3-9,18H,1-2H3. The van der Waals surface area contributed by atoms with E-state index in [0.717, 1.165) is 27.0 Å². The van der Waals surface area contributed by atoms with E-state index in [4.69, 9.17) is 4.74 Å². The number of benzene rings is 2. The van der Waals surface area contributed by atoms with Gasteiger partial charge in [-0.15, -0.1) is 0 Å². The maximum Gasteiger partial charge on any atom is 0.118 e.